The number of rotatable bonds is 9. The van der Waals surface area contributed by atoms with Gasteiger partial charge in [0, 0.05) is 24.1 Å². The van der Waals surface area contributed by atoms with E-state index in [0.29, 0.717) is 12.2 Å². The zero-order valence-corrected chi connectivity index (χ0v) is 23.1. The summed E-state index contributed by atoms with van der Waals surface area (Å²) in [7, 11) is 0. The molecule has 6 rings (SSSR count). The Balaban J connectivity index is 1.01. The molecule has 0 unspecified atom stereocenters. The summed E-state index contributed by atoms with van der Waals surface area (Å²) in [6, 6.07) is 43.7. The fraction of sp³-hybridized carbons (Fsp3) is 0.0833. The number of benzene rings is 5. The maximum absolute atomic E-state index is 12.6. The number of carbonyl (C=O) groups excluding carboxylic acids is 1. The summed E-state index contributed by atoms with van der Waals surface area (Å²) in [6.45, 7) is 1.25. The van der Waals surface area contributed by atoms with Crippen molar-refractivity contribution in [3.63, 3.8) is 0 Å². The number of nitrogens with zero attached hydrogens (tertiary/aromatic N) is 3. The monoisotopic (exact) mass is 550 g/mol. The normalized spacial score (nSPS) is 12.8. The molecule has 0 aromatic heterocycles. The molecule has 0 radical (unpaired) electrons. The van der Waals surface area contributed by atoms with Crippen molar-refractivity contribution >= 4 is 23.5 Å². The van der Waals surface area contributed by atoms with E-state index in [2.05, 4.69) is 40.9 Å². The Kier molecular flexibility index (Phi) is 8.13. The number of anilines is 1. The first-order valence-corrected chi connectivity index (χ1v) is 13.9. The van der Waals surface area contributed by atoms with Crippen LogP contribution in [-0.4, -0.2) is 24.4 Å². The van der Waals surface area contributed by atoms with Crippen molar-refractivity contribution in [1.29, 1.82) is 0 Å². The molecule has 6 heteroatoms. The van der Waals surface area contributed by atoms with Gasteiger partial charge in [0.1, 0.15) is 12.4 Å². The number of nitrogens with one attached hydrogen (secondary N) is 1. The third-order valence-corrected chi connectivity index (χ3v) is 7.06. The summed E-state index contributed by atoms with van der Waals surface area (Å²) in [5, 5.41) is 10.9. The van der Waals surface area contributed by atoms with E-state index in [4.69, 9.17) is 9.84 Å². The molecule has 6 nitrogen and oxygen atoms in total. The Hall–Kier alpha value is -5.49. The van der Waals surface area contributed by atoms with E-state index in [0.717, 1.165) is 57.9 Å². The first kappa shape index (κ1) is 26.7. The van der Waals surface area contributed by atoms with Gasteiger partial charge in [-0.25, -0.2) is 5.43 Å². The lowest BCUT2D eigenvalue weighted by molar-refractivity contribution is 0.0955. The second kappa shape index (κ2) is 12.8. The van der Waals surface area contributed by atoms with Crippen LogP contribution >= 0.6 is 0 Å². The molecule has 0 fully saturated rings. The smallest absolute Gasteiger partial charge is 0.271 e. The quantitative estimate of drug-likeness (QED) is 0.155. The maximum Gasteiger partial charge on any atom is 0.271 e. The lowest BCUT2D eigenvalue weighted by Gasteiger charge is -2.13. The van der Waals surface area contributed by atoms with Crippen molar-refractivity contribution in [2.75, 3.05) is 11.6 Å². The van der Waals surface area contributed by atoms with Gasteiger partial charge in [-0.1, -0.05) is 103 Å². The Morgan fingerprint density at radius 1 is 0.786 bits per heavy atom. The minimum absolute atomic E-state index is 0.274. The van der Waals surface area contributed by atoms with E-state index in [1.54, 1.807) is 18.3 Å². The Bertz CT molecular complexity index is 1700. The highest BCUT2D eigenvalue weighted by atomic mass is 16.5. The summed E-state index contributed by atoms with van der Waals surface area (Å²) >= 11 is 0. The van der Waals surface area contributed by atoms with Crippen LogP contribution in [0.4, 0.5) is 5.69 Å². The van der Waals surface area contributed by atoms with Crippen molar-refractivity contribution in [1.82, 2.24) is 5.43 Å². The molecule has 0 saturated heterocycles. The van der Waals surface area contributed by atoms with Crippen molar-refractivity contribution in [2.24, 2.45) is 10.2 Å². The number of ether oxygens (including phenoxy) is 1. The van der Waals surface area contributed by atoms with Crippen LogP contribution in [0.15, 0.2) is 144 Å². The van der Waals surface area contributed by atoms with Crippen molar-refractivity contribution in [3.8, 4) is 16.9 Å². The van der Waals surface area contributed by atoms with Gasteiger partial charge < -0.3 is 4.74 Å². The van der Waals surface area contributed by atoms with E-state index in [9.17, 15) is 4.79 Å². The Labute approximate surface area is 245 Å². The zero-order valence-electron chi connectivity index (χ0n) is 23.1. The van der Waals surface area contributed by atoms with Crippen LogP contribution in [0, 0.1) is 0 Å². The van der Waals surface area contributed by atoms with E-state index >= 15 is 0 Å². The van der Waals surface area contributed by atoms with Gasteiger partial charge in [0.05, 0.1) is 17.6 Å². The van der Waals surface area contributed by atoms with Gasteiger partial charge >= 0.3 is 0 Å². The van der Waals surface area contributed by atoms with Crippen LogP contribution in [0.2, 0.25) is 0 Å². The summed E-state index contributed by atoms with van der Waals surface area (Å²) in [5.74, 6) is 0.544. The molecule has 5 aromatic carbocycles. The molecule has 1 amide bonds. The van der Waals surface area contributed by atoms with Gasteiger partial charge in [-0.05, 0) is 52.6 Å². The van der Waals surface area contributed by atoms with Crippen LogP contribution in [0.1, 0.15) is 33.5 Å². The molecular weight excluding hydrogens is 520 g/mol. The first-order chi connectivity index (χ1) is 20.7. The molecule has 206 valence electrons. The minimum atomic E-state index is -0.274. The fourth-order valence-electron chi connectivity index (χ4n) is 4.80. The van der Waals surface area contributed by atoms with Gasteiger partial charge in [-0.3, -0.25) is 9.80 Å². The van der Waals surface area contributed by atoms with Crippen LogP contribution in [0.25, 0.3) is 11.1 Å². The first-order valence-electron chi connectivity index (χ1n) is 13.9. The lowest BCUT2D eigenvalue weighted by Crippen LogP contribution is -2.17. The minimum Gasteiger partial charge on any atom is -0.488 e. The standard InChI is InChI=1S/C36H30N4O2/c41-36(31-19-15-28(16-20-31)26-42-35-14-8-7-13-33(35)29-9-3-1-4-10-29)38-37-25-27-17-21-32(22-18-27)40-24-23-34(39-40)30-11-5-2-6-12-30/h1-22,25H,23-24,26H2,(H,38,41). The van der Waals surface area contributed by atoms with E-state index in [1.807, 2.05) is 96.0 Å². The van der Waals surface area contributed by atoms with Crippen LogP contribution in [0.5, 0.6) is 5.75 Å². The second-order valence-electron chi connectivity index (χ2n) is 9.92. The van der Waals surface area contributed by atoms with Gasteiger partial charge in [-0.2, -0.15) is 10.2 Å². The SMILES string of the molecule is O=C(NN=Cc1ccc(N2CCC(c3ccccc3)=N2)cc1)c1ccc(COc2ccccc2-c2ccccc2)cc1. The molecule has 0 aliphatic carbocycles. The molecule has 5 aromatic rings. The highest BCUT2D eigenvalue weighted by Crippen LogP contribution is 2.30. The van der Waals surface area contributed by atoms with Gasteiger partial charge in [0.2, 0.25) is 0 Å². The number of hydrogen-bond acceptors (Lipinski definition) is 5. The predicted octanol–water partition coefficient (Wildman–Crippen LogP) is 7.31. The van der Waals surface area contributed by atoms with Crippen molar-refractivity contribution in [3.05, 3.63) is 156 Å². The molecule has 42 heavy (non-hydrogen) atoms. The van der Waals surface area contributed by atoms with Gasteiger partial charge in [0.25, 0.3) is 5.91 Å². The summed E-state index contributed by atoms with van der Waals surface area (Å²) in [4.78, 5) is 12.6. The molecule has 0 spiro atoms. The number of para-hydroxylation sites is 1. The van der Waals surface area contributed by atoms with E-state index < -0.39 is 0 Å². The zero-order chi connectivity index (χ0) is 28.6. The largest absolute Gasteiger partial charge is 0.488 e. The summed E-state index contributed by atoms with van der Waals surface area (Å²) in [6.07, 6.45) is 2.55. The Morgan fingerprint density at radius 3 is 2.19 bits per heavy atom. The average Bonchev–Trinajstić information content (AvgIpc) is 3.56. The second-order valence-corrected chi connectivity index (χ2v) is 9.92. The van der Waals surface area contributed by atoms with Gasteiger partial charge in [0.15, 0.2) is 0 Å². The molecule has 1 N–H and O–H groups in total. The van der Waals surface area contributed by atoms with Crippen LogP contribution in [-0.2, 0) is 6.61 Å². The molecule has 1 heterocycles. The summed E-state index contributed by atoms with van der Waals surface area (Å²) < 4.78 is 6.12. The average molecular weight is 551 g/mol. The van der Waals surface area contributed by atoms with Crippen molar-refractivity contribution < 1.29 is 9.53 Å². The number of hydrogen-bond donors (Lipinski definition) is 1. The maximum atomic E-state index is 12.6. The third-order valence-electron chi connectivity index (χ3n) is 7.06. The molecular formula is C36H30N4O2. The highest BCUT2D eigenvalue weighted by molar-refractivity contribution is 6.02. The molecule has 1 aliphatic rings. The van der Waals surface area contributed by atoms with E-state index in [-0.39, 0.29) is 5.91 Å². The topological polar surface area (TPSA) is 66.3 Å². The summed E-state index contributed by atoms with van der Waals surface area (Å²) in [5.41, 5.74) is 10.4. The van der Waals surface area contributed by atoms with Gasteiger partial charge in [-0.15, -0.1) is 0 Å². The fourth-order valence-corrected chi connectivity index (χ4v) is 4.80. The molecule has 0 atom stereocenters. The number of hydrazone groups is 2. The molecule has 0 saturated carbocycles. The number of amides is 1. The third kappa shape index (κ3) is 6.45. The Morgan fingerprint density at radius 2 is 1.45 bits per heavy atom. The molecule has 0 bridgehead atoms. The van der Waals surface area contributed by atoms with Crippen LogP contribution < -0.4 is 15.2 Å². The van der Waals surface area contributed by atoms with Crippen LogP contribution in [0.3, 0.4) is 0 Å². The number of carbonyl (C=O) groups is 1. The van der Waals surface area contributed by atoms with Crippen molar-refractivity contribution in [2.45, 2.75) is 13.0 Å². The van der Waals surface area contributed by atoms with E-state index in [1.165, 1.54) is 0 Å². The highest BCUT2D eigenvalue weighted by Gasteiger charge is 2.17. The lowest BCUT2D eigenvalue weighted by atomic mass is 10.0. The molecule has 1 aliphatic heterocycles. The predicted molar refractivity (Wildman–Crippen MR) is 169 cm³/mol.